The maximum absolute atomic E-state index is 12.8. The first kappa shape index (κ1) is 15.6. The molecule has 1 aliphatic carbocycles. The third-order valence-electron chi connectivity index (χ3n) is 4.82. The Morgan fingerprint density at radius 3 is 2.16 bits per heavy atom. The van der Waals surface area contributed by atoms with Crippen LogP contribution in [0.15, 0.2) is 72.8 Å². The molecule has 3 aromatic rings. The van der Waals surface area contributed by atoms with Crippen molar-refractivity contribution in [2.45, 2.75) is 25.7 Å². The number of carbonyl (C=O) groups is 1. The summed E-state index contributed by atoms with van der Waals surface area (Å²) in [6, 6.07) is 21.8. The fraction of sp³-hybridized carbons (Fsp3) is 0.174. The Morgan fingerprint density at radius 2 is 1.48 bits per heavy atom. The molecule has 0 atom stereocenters. The van der Waals surface area contributed by atoms with Crippen molar-refractivity contribution in [1.82, 2.24) is 4.98 Å². The number of aromatic amines is 1. The van der Waals surface area contributed by atoms with E-state index < -0.39 is 0 Å². The van der Waals surface area contributed by atoms with Crippen molar-refractivity contribution < 1.29 is 4.79 Å². The minimum atomic E-state index is 0.0343. The molecule has 2 aromatic carbocycles. The van der Waals surface area contributed by atoms with Crippen molar-refractivity contribution >= 4 is 11.4 Å². The van der Waals surface area contributed by atoms with E-state index in [9.17, 15) is 4.79 Å². The molecule has 0 radical (unpaired) electrons. The highest BCUT2D eigenvalue weighted by Crippen LogP contribution is 2.29. The van der Waals surface area contributed by atoms with E-state index in [-0.39, 0.29) is 5.78 Å². The van der Waals surface area contributed by atoms with Crippen LogP contribution >= 0.6 is 0 Å². The molecule has 25 heavy (non-hydrogen) atoms. The number of carbonyl (C=O) groups excluding carboxylic acids is 1. The summed E-state index contributed by atoms with van der Waals surface area (Å²) in [5.74, 6) is 0.0343. The van der Waals surface area contributed by atoms with E-state index in [1.165, 1.54) is 24.1 Å². The third kappa shape index (κ3) is 3.34. The van der Waals surface area contributed by atoms with Gasteiger partial charge in [-0.2, -0.15) is 0 Å². The van der Waals surface area contributed by atoms with E-state index in [1.54, 1.807) is 6.08 Å². The minimum Gasteiger partial charge on any atom is -0.358 e. The zero-order valence-electron chi connectivity index (χ0n) is 14.2. The molecular weight excluding hydrogens is 306 g/mol. The first-order valence-electron chi connectivity index (χ1n) is 8.89. The van der Waals surface area contributed by atoms with Crippen LogP contribution < -0.4 is 0 Å². The van der Waals surface area contributed by atoms with Crippen LogP contribution in [0.3, 0.4) is 0 Å². The summed E-state index contributed by atoms with van der Waals surface area (Å²) in [5.41, 5.74) is 6.51. The molecular formula is C23H21NO. The fourth-order valence-electron chi connectivity index (χ4n) is 3.50. The Hall–Kier alpha value is -2.87. The Morgan fingerprint density at radius 1 is 0.840 bits per heavy atom. The molecule has 0 fully saturated rings. The lowest BCUT2D eigenvalue weighted by molar-refractivity contribution is 0.104. The second-order valence-electron chi connectivity index (χ2n) is 6.55. The Labute approximate surface area is 148 Å². The number of benzene rings is 2. The zero-order valence-corrected chi connectivity index (χ0v) is 14.2. The molecule has 0 unspecified atom stereocenters. The van der Waals surface area contributed by atoms with E-state index in [4.69, 9.17) is 0 Å². The van der Waals surface area contributed by atoms with Gasteiger partial charge in [-0.1, -0.05) is 60.7 Å². The number of hydrogen-bond donors (Lipinski definition) is 1. The molecule has 0 aliphatic heterocycles. The second-order valence-corrected chi connectivity index (χ2v) is 6.55. The number of allylic oxidation sites excluding steroid dienone is 1. The van der Waals surface area contributed by atoms with Crippen molar-refractivity contribution in [3.63, 3.8) is 0 Å². The topological polar surface area (TPSA) is 32.9 Å². The fourth-order valence-corrected chi connectivity index (χ4v) is 3.50. The Kier molecular flexibility index (Phi) is 4.34. The molecule has 2 heteroatoms. The van der Waals surface area contributed by atoms with Gasteiger partial charge in [0, 0.05) is 22.5 Å². The summed E-state index contributed by atoms with van der Waals surface area (Å²) >= 11 is 0. The van der Waals surface area contributed by atoms with Gasteiger partial charge >= 0.3 is 0 Å². The SMILES string of the molecule is O=C(/C=C(/c1ccccc1)c1cc2c([nH]1)CCCC2)c1ccccc1. The van der Waals surface area contributed by atoms with Gasteiger partial charge in [0.05, 0.1) is 0 Å². The first-order valence-corrected chi connectivity index (χ1v) is 8.89. The maximum atomic E-state index is 12.8. The van der Waals surface area contributed by atoms with Crippen LogP contribution in [-0.4, -0.2) is 10.8 Å². The molecule has 0 spiro atoms. The highest BCUT2D eigenvalue weighted by atomic mass is 16.1. The zero-order chi connectivity index (χ0) is 17.1. The van der Waals surface area contributed by atoms with E-state index >= 15 is 0 Å². The van der Waals surface area contributed by atoms with Crippen molar-refractivity contribution in [2.24, 2.45) is 0 Å². The summed E-state index contributed by atoms with van der Waals surface area (Å²) in [6.45, 7) is 0. The molecule has 0 bridgehead atoms. The number of aryl methyl sites for hydroxylation is 2. The summed E-state index contributed by atoms with van der Waals surface area (Å²) in [6.07, 6.45) is 6.48. The number of rotatable bonds is 4. The van der Waals surface area contributed by atoms with Crippen molar-refractivity contribution in [2.75, 3.05) is 0 Å². The van der Waals surface area contributed by atoms with E-state index in [0.717, 1.165) is 29.7 Å². The van der Waals surface area contributed by atoms with Gasteiger partial charge in [0.15, 0.2) is 5.78 Å². The van der Waals surface area contributed by atoms with Gasteiger partial charge in [0.1, 0.15) is 0 Å². The van der Waals surface area contributed by atoms with Gasteiger partial charge in [-0.05, 0) is 49.0 Å². The highest BCUT2D eigenvalue weighted by Gasteiger charge is 2.16. The number of fused-ring (bicyclic) bond motifs is 1. The number of nitrogens with one attached hydrogen (secondary N) is 1. The summed E-state index contributed by atoms with van der Waals surface area (Å²) in [5, 5.41) is 0. The molecule has 0 saturated heterocycles. The maximum Gasteiger partial charge on any atom is 0.186 e. The number of aromatic nitrogens is 1. The van der Waals surface area contributed by atoms with Crippen LogP contribution in [0.1, 0.15) is 45.7 Å². The molecule has 1 N–H and O–H groups in total. The molecule has 1 heterocycles. The molecule has 124 valence electrons. The van der Waals surface area contributed by atoms with E-state index in [0.29, 0.717) is 5.56 Å². The smallest absolute Gasteiger partial charge is 0.186 e. The summed E-state index contributed by atoms with van der Waals surface area (Å²) < 4.78 is 0. The van der Waals surface area contributed by atoms with Crippen LogP contribution in [0.25, 0.3) is 5.57 Å². The van der Waals surface area contributed by atoms with Crippen molar-refractivity contribution in [3.8, 4) is 0 Å². The van der Waals surface area contributed by atoms with Crippen LogP contribution in [-0.2, 0) is 12.8 Å². The third-order valence-corrected chi connectivity index (χ3v) is 4.82. The Balaban J connectivity index is 1.78. The molecule has 1 aromatic heterocycles. The standard InChI is InChI=1S/C23H21NO/c25-23(18-11-5-2-6-12-18)16-20(17-9-3-1-4-10-17)22-15-19-13-7-8-14-21(19)24-22/h1-6,9-12,15-16,24H,7-8,13-14H2/b20-16-. The quantitative estimate of drug-likeness (QED) is 0.518. The van der Waals surface area contributed by atoms with E-state index in [1.807, 2.05) is 48.5 Å². The van der Waals surface area contributed by atoms with Gasteiger partial charge in [0.25, 0.3) is 0 Å². The lowest BCUT2D eigenvalue weighted by Crippen LogP contribution is -2.00. The monoisotopic (exact) mass is 327 g/mol. The van der Waals surface area contributed by atoms with Crippen molar-refractivity contribution in [3.05, 3.63) is 101 Å². The Bertz CT molecular complexity index is 880. The van der Waals surface area contributed by atoms with Gasteiger partial charge in [0.2, 0.25) is 0 Å². The number of hydrogen-bond acceptors (Lipinski definition) is 1. The minimum absolute atomic E-state index is 0.0343. The van der Waals surface area contributed by atoms with Crippen LogP contribution in [0.2, 0.25) is 0 Å². The molecule has 0 saturated carbocycles. The molecule has 1 aliphatic rings. The first-order chi connectivity index (χ1) is 12.3. The normalized spacial score (nSPS) is 14.2. The van der Waals surface area contributed by atoms with Gasteiger partial charge < -0.3 is 4.98 Å². The predicted molar refractivity (Wildman–Crippen MR) is 102 cm³/mol. The molecule has 4 rings (SSSR count). The summed E-state index contributed by atoms with van der Waals surface area (Å²) in [7, 11) is 0. The van der Waals surface area contributed by atoms with Crippen LogP contribution in [0.5, 0.6) is 0 Å². The number of H-pyrrole nitrogens is 1. The molecule has 0 amide bonds. The number of ketones is 1. The predicted octanol–water partition coefficient (Wildman–Crippen LogP) is 5.21. The average molecular weight is 327 g/mol. The average Bonchev–Trinajstić information content (AvgIpc) is 3.11. The van der Waals surface area contributed by atoms with Gasteiger partial charge in [-0.3, -0.25) is 4.79 Å². The van der Waals surface area contributed by atoms with Crippen LogP contribution in [0.4, 0.5) is 0 Å². The van der Waals surface area contributed by atoms with Crippen molar-refractivity contribution in [1.29, 1.82) is 0 Å². The largest absolute Gasteiger partial charge is 0.358 e. The van der Waals surface area contributed by atoms with E-state index in [2.05, 4.69) is 23.2 Å². The van der Waals surface area contributed by atoms with Gasteiger partial charge in [-0.15, -0.1) is 0 Å². The van der Waals surface area contributed by atoms with Crippen LogP contribution in [0, 0.1) is 0 Å². The molecule has 2 nitrogen and oxygen atoms in total. The second kappa shape index (κ2) is 6.94. The lowest BCUT2D eigenvalue weighted by atomic mass is 9.96. The highest BCUT2D eigenvalue weighted by molar-refractivity contribution is 6.10. The summed E-state index contributed by atoms with van der Waals surface area (Å²) in [4.78, 5) is 16.3. The van der Waals surface area contributed by atoms with Gasteiger partial charge in [-0.25, -0.2) is 0 Å². The lowest BCUT2D eigenvalue weighted by Gasteiger charge is -2.09.